The number of carbonyl (C=O) groups is 1. The van der Waals surface area contributed by atoms with E-state index >= 15 is 0 Å². The third-order valence-corrected chi connectivity index (χ3v) is 3.27. The Balaban J connectivity index is 1.85. The van der Waals surface area contributed by atoms with E-state index in [-0.39, 0.29) is 5.78 Å². The quantitative estimate of drug-likeness (QED) is 0.809. The van der Waals surface area contributed by atoms with E-state index in [2.05, 4.69) is 0 Å². The van der Waals surface area contributed by atoms with Crippen LogP contribution >= 0.6 is 11.6 Å². The number of nitrogens with zero attached hydrogens (tertiary/aromatic N) is 1. The van der Waals surface area contributed by atoms with Gasteiger partial charge in [-0.15, -0.1) is 0 Å². The molecule has 0 N–H and O–H groups in total. The molecule has 0 fully saturated rings. The van der Waals surface area contributed by atoms with Gasteiger partial charge in [-0.3, -0.25) is 9.69 Å². The first-order valence-corrected chi connectivity index (χ1v) is 7.00. The average Bonchev–Trinajstić information content (AvgIpc) is 2.39. The molecule has 2 aromatic carbocycles. The zero-order valence-corrected chi connectivity index (χ0v) is 12.3. The summed E-state index contributed by atoms with van der Waals surface area (Å²) in [5.74, 6) is 0.223. The monoisotopic (exact) mass is 287 g/mol. The summed E-state index contributed by atoms with van der Waals surface area (Å²) in [5.41, 5.74) is 2.18. The number of likely N-dealkylation sites (N-methyl/N-ethyl adjacent to an activating group) is 1. The van der Waals surface area contributed by atoms with Gasteiger partial charge in [-0.05, 0) is 30.3 Å². The van der Waals surface area contributed by atoms with Crippen molar-refractivity contribution in [3.05, 3.63) is 70.7 Å². The van der Waals surface area contributed by atoms with Gasteiger partial charge in [-0.25, -0.2) is 0 Å². The maximum absolute atomic E-state index is 12.0. The minimum absolute atomic E-state index is 0.223. The fourth-order valence-corrected chi connectivity index (χ4v) is 2.40. The van der Waals surface area contributed by atoms with Gasteiger partial charge in [0.05, 0.1) is 6.54 Å². The molecular weight excluding hydrogens is 270 g/mol. The number of carbonyl (C=O) groups excluding carboxylic acids is 1. The second kappa shape index (κ2) is 7.22. The van der Waals surface area contributed by atoms with Crippen molar-refractivity contribution in [3.8, 4) is 0 Å². The van der Waals surface area contributed by atoms with E-state index in [4.69, 9.17) is 11.6 Å². The van der Waals surface area contributed by atoms with Crippen molar-refractivity contribution in [1.82, 2.24) is 4.90 Å². The number of hydrogen-bond acceptors (Lipinski definition) is 2. The number of ketones is 1. The predicted molar refractivity (Wildman–Crippen MR) is 82.9 cm³/mol. The van der Waals surface area contributed by atoms with Gasteiger partial charge in [0.1, 0.15) is 0 Å². The van der Waals surface area contributed by atoms with Crippen LogP contribution in [0.4, 0.5) is 0 Å². The zero-order valence-electron chi connectivity index (χ0n) is 11.6. The zero-order chi connectivity index (χ0) is 14.4. The number of hydrogen-bond donors (Lipinski definition) is 0. The van der Waals surface area contributed by atoms with Gasteiger partial charge in [0.15, 0.2) is 5.78 Å². The third-order valence-electron chi connectivity index (χ3n) is 3.03. The second-order valence-corrected chi connectivity index (χ2v) is 5.44. The average molecular weight is 288 g/mol. The Morgan fingerprint density at radius 1 is 1.05 bits per heavy atom. The van der Waals surface area contributed by atoms with E-state index in [1.54, 1.807) is 0 Å². The van der Waals surface area contributed by atoms with Crippen molar-refractivity contribution in [2.75, 3.05) is 13.6 Å². The summed E-state index contributed by atoms with van der Waals surface area (Å²) in [6.07, 6.45) is 0.487. The van der Waals surface area contributed by atoms with Gasteiger partial charge in [0, 0.05) is 18.0 Å². The van der Waals surface area contributed by atoms with Gasteiger partial charge in [-0.2, -0.15) is 0 Å². The van der Waals surface area contributed by atoms with Gasteiger partial charge in [0.25, 0.3) is 0 Å². The van der Waals surface area contributed by atoms with Crippen LogP contribution in [0.15, 0.2) is 54.6 Å². The molecule has 2 aromatic rings. The third kappa shape index (κ3) is 4.80. The largest absolute Gasteiger partial charge is 0.298 e. The van der Waals surface area contributed by atoms with Crippen LogP contribution in [0.5, 0.6) is 0 Å². The Hall–Kier alpha value is -1.64. The van der Waals surface area contributed by atoms with Crippen LogP contribution in [0, 0.1) is 0 Å². The highest BCUT2D eigenvalue weighted by Gasteiger charge is 2.08. The molecule has 3 heteroatoms. The molecule has 0 saturated carbocycles. The van der Waals surface area contributed by atoms with Gasteiger partial charge >= 0.3 is 0 Å². The lowest BCUT2D eigenvalue weighted by Gasteiger charge is -2.16. The maximum Gasteiger partial charge on any atom is 0.151 e. The Morgan fingerprint density at radius 2 is 1.75 bits per heavy atom. The Labute approximate surface area is 125 Å². The molecule has 0 aliphatic heterocycles. The molecule has 0 spiro atoms. The van der Waals surface area contributed by atoms with E-state index in [1.165, 1.54) is 0 Å². The molecule has 0 saturated heterocycles. The van der Waals surface area contributed by atoms with Gasteiger partial charge in [-0.1, -0.05) is 54.1 Å². The lowest BCUT2D eigenvalue weighted by Crippen LogP contribution is -2.26. The highest BCUT2D eigenvalue weighted by molar-refractivity contribution is 6.30. The lowest BCUT2D eigenvalue weighted by atomic mass is 10.1. The van der Waals surface area contributed by atoms with Crippen molar-refractivity contribution in [3.63, 3.8) is 0 Å². The fraction of sp³-hybridized carbons (Fsp3) is 0.235. The van der Waals surface area contributed by atoms with Crippen molar-refractivity contribution >= 4 is 17.4 Å². The summed E-state index contributed by atoms with van der Waals surface area (Å²) in [6, 6.07) is 17.6. The molecule has 2 rings (SSSR count). The van der Waals surface area contributed by atoms with Crippen molar-refractivity contribution < 1.29 is 4.79 Å². The molecule has 0 aliphatic carbocycles. The van der Waals surface area contributed by atoms with Crippen LogP contribution in [-0.2, 0) is 17.8 Å². The first-order chi connectivity index (χ1) is 9.63. The molecule has 0 bridgehead atoms. The van der Waals surface area contributed by atoms with Crippen LogP contribution in [-0.4, -0.2) is 24.3 Å². The van der Waals surface area contributed by atoms with Crippen molar-refractivity contribution in [2.45, 2.75) is 13.0 Å². The minimum Gasteiger partial charge on any atom is -0.298 e. The molecular formula is C17H18ClNO. The first kappa shape index (κ1) is 14.8. The number of rotatable bonds is 6. The molecule has 104 valence electrons. The molecule has 0 atom stereocenters. The summed E-state index contributed by atoms with van der Waals surface area (Å²) in [7, 11) is 1.95. The van der Waals surface area contributed by atoms with Crippen LogP contribution in [0.3, 0.4) is 0 Å². The number of halogens is 1. The normalized spacial score (nSPS) is 10.8. The standard InChI is InChI=1S/C17H18ClNO/c1-19(12-15-8-5-9-16(18)10-15)13-17(20)11-14-6-3-2-4-7-14/h2-10H,11-13H2,1H3. The molecule has 2 nitrogen and oxygen atoms in total. The predicted octanol–water partition coefficient (Wildman–Crippen LogP) is 3.58. The second-order valence-electron chi connectivity index (χ2n) is 5.00. The topological polar surface area (TPSA) is 20.3 Å². The first-order valence-electron chi connectivity index (χ1n) is 6.62. The molecule has 0 amide bonds. The summed E-state index contributed by atoms with van der Waals surface area (Å²) < 4.78 is 0. The number of benzene rings is 2. The van der Waals surface area contributed by atoms with Gasteiger partial charge < -0.3 is 0 Å². The van der Waals surface area contributed by atoms with Crippen LogP contribution in [0.1, 0.15) is 11.1 Å². The summed E-state index contributed by atoms with van der Waals surface area (Å²) >= 11 is 5.96. The van der Waals surface area contributed by atoms with E-state index in [1.807, 2.05) is 66.5 Å². The SMILES string of the molecule is CN(CC(=O)Cc1ccccc1)Cc1cccc(Cl)c1. The smallest absolute Gasteiger partial charge is 0.151 e. The summed E-state index contributed by atoms with van der Waals surface area (Å²) in [5, 5.41) is 0.728. The molecule has 0 aliphatic rings. The molecule has 0 heterocycles. The lowest BCUT2D eigenvalue weighted by molar-refractivity contribution is -0.119. The maximum atomic E-state index is 12.0. The van der Waals surface area contributed by atoms with Gasteiger partial charge in [0.2, 0.25) is 0 Å². The molecule has 0 unspecified atom stereocenters. The summed E-state index contributed by atoms with van der Waals surface area (Å²) in [6.45, 7) is 1.17. The van der Waals surface area contributed by atoms with Crippen LogP contribution < -0.4 is 0 Å². The van der Waals surface area contributed by atoms with Crippen LogP contribution in [0.2, 0.25) is 5.02 Å². The van der Waals surface area contributed by atoms with E-state index < -0.39 is 0 Å². The molecule has 20 heavy (non-hydrogen) atoms. The molecule has 0 radical (unpaired) electrons. The minimum atomic E-state index is 0.223. The highest BCUT2D eigenvalue weighted by atomic mass is 35.5. The Morgan fingerprint density at radius 3 is 2.45 bits per heavy atom. The molecule has 0 aromatic heterocycles. The van der Waals surface area contributed by atoms with E-state index in [0.29, 0.717) is 13.0 Å². The van der Waals surface area contributed by atoms with Crippen molar-refractivity contribution in [1.29, 1.82) is 0 Å². The Bertz CT molecular complexity index is 568. The van der Waals surface area contributed by atoms with Crippen LogP contribution in [0.25, 0.3) is 0 Å². The van der Waals surface area contributed by atoms with Crippen molar-refractivity contribution in [2.24, 2.45) is 0 Å². The Kier molecular flexibility index (Phi) is 5.33. The fourth-order valence-electron chi connectivity index (χ4n) is 2.18. The summed E-state index contributed by atoms with van der Waals surface area (Å²) in [4.78, 5) is 14.0. The number of Topliss-reactive ketones (excluding diaryl/α,β-unsaturated/α-hetero) is 1. The highest BCUT2D eigenvalue weighted by Crippen LogP contribution is 2.12. The van der Waals surface area contributed by atoms with E-state index in [0.717, 1.165) is 22.7 Å². The van der Waals surface area contributed by atoms with E-state index in [9.17, 15) is 4.79 Å².